The molecule has 6 nitrogen and oxygen atoms in total. The van der Waals surface area contributed by atoms with Crippen molar-refractivity contribution in [2.45, 2.75) is 26.6 Å². The summed E-state index contributed by atoms with van der Waals surface area (Å²) in [7, 11) is 3.09. The van der Waals surface area contributed by atoms with Crippen molar-refractivity contribution in [3.63, 3.8) is 0 Å². The van der Waals surface area contributed by atoms with E-state index in [9.17, 15) is 13.6 Å². The smallest absolute Gasteiger partial charge is 0.387 e. The van der Waals surface area contributed by atoms with Crippen LogP contribution in [0.25, 0.3) is 11.1 Å². The maximum atomic E-state index is 13.1. The van der Waals surface area contributed by atoms with Gasteiger partial charge in [0.25, 0.3) is 0 Å². The van der Waals surface area contributed by atoms with Gasteiger partial charge in [0.05, 0.1) is 19.8 Å². The Kier molecular flexibility index (Phi) is 6.58. The van der Waals surface area contributed by atoms with E-state index in [1.807, 2.05) is 6.07 Å². The van der Waals surface area contributed by atoms with E-state index in [1.54, 1.807) is 70.5 Å². The highest BCUT2D eigenvalue weighted by Crippen LogP contribution is 2.50. The molecule has 3 aromatic carbocycles. The van der Waals surface area contributed by atoms with Gasteiger partial charge in [-0.25, -0.2) is 0 Å². The number of fused-ring (bicyclic) bond motifs is 3. The number of alkyl halides is 2. The monoisotopic (exact) mass is 469 g/mol. The summed E-state index contributed by atoms with van der Waals surface area (Å²) in [6.45, 7) is 0.615. The molecule has 1 unspecified atom stereocenters. The molecule has 0 bridgehead atoms. The second-order valence-electron chi connectivity index (χ2n) is 8.07. The van der Waals surface area contributed by atoms with Gasteiger partial charge < -0.3 is 24.3 Å². The fourth-order valence-corrected chi connectivity index (χ4v) is 3.89. The molecule has 0 saturated carbocycles. The number of anilines is 1. The Labute approximate surface area is 196 Å². The lowest BCUT2D eigenvalue weighted by atomic mass is 9.88. The fraction of sp³-hybridized carbons (Fsp3) is 0.269. The minimum atomic E-state index is -2.98. The summed E-state index contributed by atoms with van der Waals surface area (Å²) in [5, 5.41) is 2.88. The number of carbonyl (C=O) groups excluding carboxylic acids is 1. The minimum Gasteiger partial charge on any atom is -0.493 e. The molecule has 3 aromatic rings. The molecule has 0 aliphatic carbocycles. The van der Waals surface area contributed by atoms with Crippen molar-refractivity contribution in [2.75, 3.05) is 19.5 Å². The predicted octanol–water partition coefficient (Wildman–Crippen LogP) is 6.05. The molecule has 8 heteroatoms. The van der Waals surface area contributed by atoms with Crippen LogP contribution in [0.5, 0.6) is 23.0 Å². The minimum absolute atomic E-state index is 0.0125. The molecule has 1 aliphatic heterocycles. The van der Waals surface area contributed by atoms with E-state index in [1.165, 1.54) is 6.07 Å². The van der Waals surface area contributed by atoms with E-state index in [-0.39, 0.29) is 17.6 Å². The molecule has 178 valence electrons. The first-order valence-electron chi connectivity index (χ1n) is 10.7. The third-order valence-corrected chi connectivity index (χ3v) is 5.55. The Morgan fingerprint density at radius 3 is 2.41 bits per heavy atom. The maximum Gasteiger partial charge on any atom is 0.387 e. The largest absolute Gasteiger partial charge is 0.493 e. The lowest BCUT2D eigenvalue weighted by Gasteiger charge is -2.31. The van der Waals surface area contributed by atoms with Crippen LogP contribution in [0.2, 0.25) is 0 Å². The number of carbonyl (C=O) groups is 1. The van der Waals surface area contributed by atoms with Crippen LogP contribution >= 0.6 is 0 Å². The molecule has 0 aromatic heterocycles. The first-order chi connectivity index (χ1) is 16.3. The second kappa shape index (κ2) is 9.59. The van der Waals surface area contributed by atoms with Gasteiger partial charge in [0.1, 0.15) is 17.6 Å². The summed E-state index contributed by atoms with van der Waals surface area (Å²) >= 11 is 0. The van der Waals surface area contributed by atoms with Crippen LogP contribution in [0.1, 0.15) is 31.1 Å². The van der Waals surface area contributed by atoms with Gasteiger partial charge in [-0.15, -0.1) is 0 Å². The fourth-order valence-electron chi connectivity index (χ4n) is 3.89. The van der Waals surface area contributed by atoms with Crippen LogP contribution in [0.15, 0.2) is 54.6 Å². The van der Waals surface area contributed by atoms with Gasteiger partial charge in [0.2, 0.25) is 5.91 Å². The molecule has 1 heterocycles. The summed E-state index contributed by atoms with van der Waals surface area (Å²) in [6, 6.07) is 15.5. The number of methoxy groups -OCH3 is 2. The van der Waals surface area contributed by atoms with Gasteiger partial charge in [-0.05, 0) is 42.0 Å². The zero-order valence-corrected chi connectivity index (χ0v) is 19.2. The molecule has 34 heavy (non-hydrogen) atoms. The topological polar surface area (TPSA) is 66.0 Å². The molecule has 4 rings (SSSR count). The lowest BCUT2D eigenvalue weighted by molar-refractivity contribution is -0.118. The Morgan fingerprint density at radius 2 is 1.74 bits per heavy atom. The van der Waals surface area contributed by atoms with Crippen LogP contribution < -0.4 is 24.3 Å². The van der Waals surface area contributed by atoms with Crippen molar-refractivity contribution >= 4 is 11.6 Å². The molecular formula is C26H25F2NO5. The number of hydrogen-bond acceptors (Lipinski definition) is 5. The van der Waals surface area contributed by atoms with Crippen LogP contribution in [0.4, 0.5) is 14.5 Å². The highest BCUT2D eigenvalue weighted by atomic mass is 19.3. The van der Waals surface area contributed by atoms with Crippen molar-refractivity contribution in [3.05, 3.63) is 65.7 Å². The zero-order chi connectivity index (χ0) is 24.4. The van der Waals surface area contributed by atoms with Crippen LogP contribution in [0, 0.1) is 5.92 Å². The van der Waals surface area contributed by atoms with Crippen molar-refractivity contribution in [1.29, 1.82) is 0 Å². The number of benzene rings is 3. The average molecular weight is 469 g/mol. The first kappa shape index (κ1) is 23.4. The Hall–Kier alpha value is -3.81. The average Bonchev–Trinajstić information content (AvgIpc) is 2.82. The summed E-state index contributed by atoms with van der Waals surface area (Å²) in [5.74, 6) is 1.16. The van der Waals surface area contributed by atoms with Crippen LogP contribution in [-0.2, 0) is 4.79 Å². The van der Waals surface area contributed by atoms with Crippen LogP contribution in [0.3, 0.4) is 0 Å². The van der Waals surface area contributed by atoms with Crippen LogP contribution in [-0.4, -0.2) is 26.7 Å². The highest BCUT2D eigenvalue weighted by Gasteiger charge is 2.31. The van der Waals surface area contributed by atoms with E-state index >= 15 is 0 Å². The molecule has 1 aliphatic rings. The number of rotatable bonds is 7. The van der Waals surface area contributed by atoms with Crippen molar-refractivity contribution in [1.82, 2.24) is 0 Å². The van der Waals surface area contributed by atoms with E-state index in [4.69, 9.17) is 18.9 Å². The quantitative estimate of drug-likeness (QED) is 0.456. The lowest BCUT2D eigenvalue weighted by Crippen LogP contribution is -2.20. The van der Waals surface area contributed by atoms with E-state index in [2.05, 4.69) is 5.32 Å². The second-order valence-corrected chi connectivity index (χ2v) is 8.07. The Bertz CT molecular complexity index is 1210. The van der Waals surface area contributed by atoms with Gasteiger partial charge >= 0.3 is 6.61 Å². The number of halogens is 2. The van der Waals surface area contributed by atoms with Gasteiger partial charge in [-0.2, -0.15) is 8.78 Å². The number of hydrogen-bond donors (Lipinski definition) is 1. The molecular weight excluding hydrogens is 444 g/mol. The predicted molar refractivity (Wildman–Crippen MR) is 124 cm³/mol. The maximum absolute atomic E-state index is 13.1. The van der Waals surface area contributed by atoms with Gasteiger partial charge in [-0.3, -0.25) is 4.79 Å². The third-order valence-electron chi connectivity index (χ3n) is 5.55. The van der Waals surface area contributed by atoms with Gasteiger partial charge in [0.15, 0.2) is 11.5 Å². The summed E-state index contributed by atoms with van der Waals surface area (Å²) < 4.78 is 48.1. The molecule has 1 amide bonds. The molecule has 1 atom stereocenters. The third kappa shape index (κ3) is 4.48. The van der Waals surface area contributed by atoms with E-state index in [0.717, 1.165) is 5.56 Å². The molecule has 0 radical (unpaired) electrons. The van der Waals surface area contributed by atoms with Gasteiger partial charge in [-0.1, -0.05) is 32.0 Å². The summed E-state index contributed by atoms with van der Waals surface area (Å²) in [5.41, 5.74) is 3.11. The van der Waals surface area contributed by atoms with Crippen molar-refractivity contribution in [2.24, 2.45) is 5.92 Å². The normalized spacial score (nSPS) is 14.2. The number of ether oxygens (including phenoxy) is 4. The Morgan fingerprint density at radius 1 is 0.971 bits per heavy atom. The molecule has 0 spiro atoms. The summed E-state index contributed by atoms with van der Waals surface area (Å²) in [4.78, 5) is 12.3. The summed E-state index contributed by atoms with van der Waals surface area (Å²) in [6.07, 6.45) is -0.597. The zero-order valence-electron chi connectivity index (χ0n) is 19.2. The molecule has 1 N–H and O–H groups in total. The standard InChI is InChI=1S/C26H25F2NO5/c1-14(2)25(30)29-16-9-10-17-18(13-16)24(15-8-11-19(31-3)22(12-15)32-4)33-20-6-5-7-21(23(17)20)34-26(27)28/h5-14,24,26H,1-4H3,(H,29,30). The first-order valence-corrected chi connectivity index (χ1v) is 10.7. The Balaban J connectivity index is 1.87. The van der Waals surface area contributed by atoms with E-state index in [0.29, 0.717) is 39.6 Å². The highest BCUT2D eigenvalue weighted by molar-refractivity contribution is 5.93. The van der Waals surface area contributed by atoms with Crippen molar-refractivity contribution < 1.29 is 32.5 Å². The number of nitrogens with one attached hydrogen (secondary N) is 1. The van der Waals surface area contributed by atoms with E-state index < -0.39 is 12.7 Å². The van der Waals surface area contributed by atoms with Crippen molar-refractivity contribution in [3.8, 4) is 34.1 Å². The number of amides is 1. The SMILES string of the molecule is COc1ccc(C2Oc3cccc(OC(F)F)c3-c3ccc(NC(=O)C(C)C)cc32)cc1OC. The van der Waals surface area contributed by atoms with Gasteiger partial charge in [0, 0.05) is 22.7 Å². The molecule has 0 fully saturated rings. The molecule has 0 saturated heterocycles.